The quantitative estimate of drug-likeness (QED) is 0.480. The number of carbonyl (C=O) groups is 2. The number of thiocarbonyl (C=S) groups is 1. The first kappa shape index (κ1) is 22.1. The van der Waals surface area contributed by atoms with E-state index in [2.05, 4.69) is 52.7 Å². The Morgan fingerprint density at radius 1 is 1.03 bits per heavy atom. The van der Waals surface area contributed by atoms with Crippen molar-refractivity contribution in [2.45, 2.75) is 18.9 Å². The SMILES string of the molecule is O=C(O)/C=C/C(=O)O.S=C(N[C@H]1CN2CCC1CC2)c1ccc(-c2ccccc2)s1. The number of piperidine rings is 3. The van der Waals surface area contributed by atoms with Gasteiger partial charge >= 0.3 is 11.9 Å². The normalized spacial score (nSPS) is 22.2. The fourth-order valence-corrected chi connectivity index (χ4v) is 4.99. The molecule has 4 heterocycles. The first-order chi connectivity index (χ1) is 14.4. The molecular weight excluding hydrogens is 420 g/mol. The molecule has 3 fully saturated rings. The summed E-state index contributed by atoms with van der Waals surface area (Å²) in [5, 5.41) is 19.3. The van der Waals surface area contributed by atoms with Gasteiger partial charge in [-0.3, -0.25) is 0 Å². The third-order valence-corrected chi connectivity index (χ3v) is 6.85. The summed E-state index contributed by atoms with van der Waals surface area (Å²) >= 11 is 7.45. The highest BCUT2D eigenvalue weighted by Crippen LogP contribution is 2.30. The van der Waals surface area contributed by atoms with Crippen molar-refractivity contribution in [2.75, 3.05) is 19.6 Å². The molecule has 3 aliphatic rings. The molecule has 3 N–H and O–H groups in total. The van der Waals surface area contributed by atoms with E-state index in [0.717, 1.165) is 17.5 Å². The van der Waals surface area contributed by atoms with Gasteiger partial charge in [0.2, 0.25) is 0 Å². The maximum atomic E-state index is 9.55. The average Bonchev–Trinajstić information content (AvgIpc) is 3.25. The Morgan fingerprint density at radius 2 is 1.67 bits per heavy atom. The van der Waals surface area contributed by atoms with E-state index in [-0.39, 0.29) is 0 Å². The number of carboxylic acid groups (broad SMARTS) is 2. The zero-order chi connectivity index (χ0) is 21.5. The Morgan fingerprint density at radius 3 is 2.20 bits per heavy atom. The lowest BCUT2D eigenvalue weighted by molar-refractivity contribution is -0.134. The van der Waals surface area contributed by atoms with Gasteiger partial charge in [0.15, 0.2) is 0 Å². The number of hydrogen-bond donors (Lipinski definition) is 3. The van der Waals surface area contributed by atoms with Crippen molar-refractivity contribution in [1.29, 1.82) is 0 Å². The second-order valence-electron chi connectivity index (χ2n) is 7.26. The minimum absolute atomic E-state index is 0.539. The van der Waals surface area contributed by atoms with Crippen molar-refractivity contribution in [3.63, 3.8) is 0 Å². The number of nitrogens with zero attached hydrogens (tertiary/aromatic N) is 1. The zero-order valence-electron chi connectivity index (χ0n) is 16.4. The maximum absolute atomic E-state index is 9.55. The fourth-order valence-electron chi connectivity index (χ4n) is 3.73. The number of nitrogens with one attached hydrogen (secondary N) is 1. The molecule has 1 aromatic heterocycles. The Balaban J connectivity index is 0.000000275. The topological polar surface area (TPSA) is 89.9 Å². The van der Waals surface area contributed by atoms with Crippen LogP contribution >= 0.6 is 23.6 Å². The molecule has 0 radical (unpaired) electrons. The van der Waals surface area contributed by atoms with Crippen molar-refractivity contribution in [2.24, 2.45) is 5.92 Å². The lowest BCUT2D eigenvalue weighted by atomic mass is 9.84. The van der Waals surface area contributed by atoms with Crippen LogP contribution in [0.5, 0.6) is 0 Å². The van der Waals surface area contributed by atoms with Gasteiger partial charge in [-0.2, -0.15) is 0 Å². The summed E-state index contributed by atoms with van der Waals surface area (Å²) in [6.07, 6.45) is 3.75. The van der Waals surface area contributed by atoms with Crippen LogP contribution in [0.25, 0.3) is 10.4 Å². The van der Waals surface area contributed by atoms with Gasteiger partial charge in [0.25, 0.3) is 0 Å². The number of rotatable bonds is 5. The minimum Gasteiger partial charge on any atom is -0.478 e. The summed E-state index contributed by atoms with van der Waals surface area (Å²) < 4.78 is 0. The molecule has 0 saturated carbocycles. The highest BCUT2D eigenvalue weighted by Gasteiger charge is 2.34. The van der Waals surface area contributed by atoms with Gasteiger partial charge < -0.3 is 20.4 Å². The molecule has 2 bridgehead atoms. The second kappa shape index (κ2) is 10.5. The van der Waals surface area contributed by atoms with Gasteiger partial charge in [0.05, 0.1) is 4.88 Å². The number of benzene rings is 1. The molecule has 0 aliphatic carbocycles. The smallest absolute Gasteiger partial charge is 0.328 e. The van der Waals surface area contributed by atoms with Gasteiger partial charge in [-0.15, -0.1) is 11.3 Å². The van der Waals surface area contributed by atoms with Crippen LogP contribution in [-0.2, 0) is 9.59 Å². The van der Waals surface area contributed by atoms with Crippen molar-refractivity contribution in [3.8, 4) is 10.4 Å². The van der Waals surface area contributed by atoms with Crippen molar-refractivity contribution >= 4 is 40.5 Å². The standard InChI is InChI=1S/C18H20N2S2.C4H4O4/c21-18(19-15-12-20-10-8-13(15)9-11-20)17-7-6-16(22-17)14-4-2-1-3-5-14;5-3(6)1-2-4(7)8/h1-7,13,15H,8-12H2,(H,19,21);1-2H,(H,5,6)(H,7,8)/b;2-1+/t15-;/m0./s1. The van der Waals surface area contributed by atoms with Gasteiger partial charge in [-0.1, -0.05) is 42.5 Å². The molecule has 0 spiro atoms. The van der Waals surface area contributed by atoms with E-state index in [9.17, 15) is 9.59 Å². The molecule has 0 unspecified atom stereocenters. The number of thiophene rings is 1. The zero-order valence-corrected chi connectivity index (χ0v) is 18.0. The lowest BCUT2D eigenvalue weighted by Gasteiger charge is -2.45. The number of carboxylic acids is 2. The highest BCUT2D eigenvalue weighted by molar-refractivity contribution is 7.81. The monoisotopic (exact) mass is 444 g/mol. The van der Waals surface area contributed by atoms with E-state index in [0.29, 0.717) is 18.2 Å². The molecular formula is C22H24N2O4S2. The van der Waals surface area contributed by atoms with Gasteiger partial charge in [0, 0.05) is 29.6 Å². The predicted octanol–water partition coefficient (Wildman–Crippen LogP) is 3.49. The minimum atomic E-state index is -1.26. The molecule has 5 rings (SSSR count). The highest BCUT2D eigenvalue weighted by atomic mass is 32.1. The Labute approximate surface area is 184 Å². The van der Waals surface area contributed by atoms with Crippen LogP contribution in [0.3, 0.4) is 0 Å². The Kier molecular flexibility index (Phi) is 7.73. The summed E-state index contributed by atoms with van der Waals surface area (Å²) in [6.45, 7) is 3.70. The third-order valence-electron chi connectivity index (χ3n) is 5.23. The van der Waals surface area contributed by atoms with Gasteiger partial charge in [0.1, 0.15) is 4.99 Å². The van der Waals surface area contributed by atoms with Crippen LogP contribution in [-0.4, -0.2) is 57.7 Å². The first-order valence-electron chi connectivity index (χ1n) is 9.75. The summed E-state index contributed by atoms with van der Waals surface area (Å²) in [5.74, 6) is -1.71. The van der Waals surface area contributed by atoms with E-state index in [1.54, 1.807) is 11.3 Å². The Hall–Kier alpha value is -2.55. The first-order valence-corrected chi connectivity index (χ1v) is 11.0. The molecule has 3 aliphatic heterocycles. The van der Waals surface area contributed by atoms with Crippen molar-refractivity contribution in [3.05, 3.63) is 59.5 Å². The van der Waals surface area contributed by atoms with E-state index < -0.39 is 11.9 Å². The van der Waals surface area contributed by atoms with Crippen LogP contribution in [0.4, 0.5) is 0 Å². The summed E-state index contributed by atoms with van der Waals surface area (Å²) in [4.78, 5) is 25.1. The number of hydrogen-bond acceptors (Lipinski definition) is 5. The molecule has 158 valence electrons. The van der Waals surface area contributed by atoms with Crippen LogP contribution in [0.2, 0.25) is 0 Å². The van der Waals surface area contributed by atoms with Crippen molar-refractivity contribution < 1.29 is 19.8 Å². The number of fused-ring (bicyclic) bond motifs is 3. The summed E-state index contributed by atoms with van der Waals surface area (Å²) in [7, 11) is 0. The largest absolute Gasteiger partial charge is 0.478 e. The maximum Gasteiger partial charge on any atom is 0.328 e. The van der Waals surface area contributed by atoms with Crippen LogP contribution < -0.4 is 5.32 Å². The molecule has 30 heavy (non-hydrogen) atoms. The number of aliphatic carboxylic acids is 2. The van der Waals surface area contributed by atoms with Crippen LogP contribution in [0, 0.1) is 5.92 Å². The molecule has 6 nitrogen and oxygen atoms in total. The Bertz CT molecular complexity index is 902. The molecule has 1 atom stereocenters. The van der Waals surface area contributed by atoms with E-state index in [1.165, 1.54) is 41.2 Å². The van der Waals surface area contributed by atoms with Crippen LogP contribution in [0.1, 0.15) is 17.7 Å². The van der Waals surface area contributed by atoms with E-state index in [4.69, 9.17) is 22.4 Å². The van der Waals surface area contributed by atoms with E-state index >= 15 is 0 Å². The molecule has 0 amide bonds. The molecule has 8 heteroatoms. The predicted molar refractivity (Wildman–Crippen MR) is 122 cm³/mol. The van der Waals surface area contributed by atoms with Crippen molar-refractivity contribution in [1.82, 2.24) is 10.2 Å². The molecule has 2 aromatic rings. The van der Waals surface area contributed by atoms with Gasteiger partial charge in [-0.25, -0.2) is 9.59 Å². The molecule has 3 saturated heterocycles. The summed E-state index contributed by atoms with van der Waals surface area (Å²) in [5.41, 5.74) is 1.27. The van der Waals surface area contributed by atoms with Crippen LogP contribution in [0.15, 0.2) is 54.6 Å². The fraction of sp³-hybridized carbons (Fsp3) is 0.318. The second-order valence-corrected chi connectivity index (χ2v) is 8.75. The van der Waals surface area contributed by atoms with Gasteiger partial charge in [-0.05, 0) is 49.5 Å². The van der Waals surface area contributed by atoms with E-state index in [1.807, 2.05) is 0 Å². The molecule has 1 aromatic carbocycles. The third kappa shape index (κ3) is 6.22. The lowest BCUT2D eigenvalue weighted by Crippen LogP contribution is -2.57. The summed E-state index contributed by atoms with van der Waals surface area (Å²) in [6, 6.07) is 15.4. The average molecular weight is 445 g/mol.